The quantitative estimate of drug-likeness (QED) is 0.276. The van der Waals surface area contributed by atoms with Crippen LogP contribution in [0.2, 0.25) is 5.02 Å². The number of carbonyl (C=O) groups is 1. The zero-order valence-electron chi connectivity index (χ0n) is 20.2. The Bertz CT molecular complexity index is 1590. The summed E-state index contributed by atoms with van der Waals surface area (Å²) in [6.45, 7) is 2.07. The monoisotopic (exact) mass is 554 g/mol. The number of benzene rings is 3. The number of rotatable bonds is 8. The molecule has 1 aliphatic heterocycles. The Balaban J connectivity index is 1.31. The number of sulfonamides is 1. The lowest BCUT2D eigenvalue weighted by Crippen LogP contribution is -2.40. The first-order chi connectivity index (χ1) is 18.2. The van der Waals surface area contributed by atoms with Gasteiger partial charge in [0.15, 0.2) is 6.23 Å². The molecule has 4 aromatic rings. The second kappa shape index (κ2) is 10.4. The van der Waals surface area contributed by atoms with Crippen molar-refractivity contribution in [3.63, 3.8) is 0 Å². The SMILES string of the molecule is Cc1oc(-c2ccccc2)nc1CCOc1ccc(S(=O)(=O)N2c3ccccc3C[C@H]2OC(=O)O)cc1Cl. The van der Waals surface area contributed by atoms with Gasteiger partial charge >= 0.3 is 6.16 Å². The summed E-state index contributed by atoms with van der Waals surface area (Å²) in [4.78, 5) is 15.7. The molecular formula is C27H23ClN2O7S. The highest BCUT2D eigenvalue weighted by atomic mass is 35.5. The van der Waals surface area contributed by atoms with Crippen LogP contribution in [0, 0.1) is 6.92 Å². The van der Waals surface area contributed by atoms with E-state index in [9.17, 15) is 13.2 Å². The second-order valence-corrected chi connectivity index (χ2v) is 10.8. The van der Waals surface area contributed by atoms with Crippen molar-refractivity contribution in [2.45, 2.75) is 30.9 Å². The first kappa shape index (κ1) is 25.6. The Morgan fingerprint density at radius 2 is 1.87 bits per heavy atom. The highest BCUT2D eigenvalue weighted by Gasteiger charge is 2.41. The molecule has 3 aromatic carbocycles. The van der Waals surface area contributed by atoms with Crippen LogP contribution in [-0.2, 0) is 27.6 Å². The molecule has 0 amide bonds. The molecule has 1 N–H and O–H groups in total. The largest absolute Gasteiger partial charge is 0.507 e. The summed E-state index contributed by atoms with van der Waals surface area (Å²) in [5.41, 5.74) is 2.63. The Hall–Kier alpha value is -4.02. The molecule has 9 nitrogen and oxygen atoms in total. The van der Waals surface area contributed by atoms with Crippen molar-refractivity contribution in [3.8, 4) is 17.2 Å². The number of nitrogens with zero attached hydrogens (tertiary/aromatic N) is 2. The average Bonchev–Trinajstić information content (AvgIpc) is 3.45. The molecular weight excluding hydrogens is 532 g/mol. The summed E-state index contributed by atoms with van der Waals surface area (Å²) in [6.07, 6.45) is -2.24. The predicted molar refractivity (Wildman–Crippen MR) is 140 cm³/mol. The van der Waals surface area contributed by atoms with Crippen LogP contribution in [0.5, 0.6) is 5.75 Å². The van der Waals surface area contributed by atoms with Gasteiger partial charge in [-0.3, -0.25) is 0 Å². The molecule has 0 saturated carbocycles. The summed E-state index contributed by atoms with van der Waals surface area (Å²) in [6, 6.07) is 20.4. The molecule has 1 aliphatic rings. The van der Waals surface area contributed by atoms with E-state index in [0.29, 0.717) is 35.1 Å². The summed E-state index contributed by atoms with van der Waals surface area (Å²) in [5.74, 6) is 1.51. The fraction of sp³-hybridized carbons (Fsp3) is 0.185. The first-order valence-electron chi connectivity index (χ1n) is 11.7. The summed E-state index contributed by atoms with van der Waals surface area (Å²) >= 11 is 6.39. The van der Waals surface area contributed by atoms with Gasteiger partial charge in [0.1, 0.15) is 11.5 Å². The third-order valence-electron chi connectivity index (χ3n) is 6.09. The van der Waals surface area contributed by atoms with Gasteiger partial charge in [0, 0.05) is 18.4 Å². The van der Waals surface area contributed by atoms with Gasteiger partial charge in [-0.25, -0.2) is 22.5 Å². The van der Waals surface area contributed by atoms with Crippen LogP contribution in [0.3, 0.4) is 0 Å². The number of aryl methyl sites for hydroxylation is 1. The van der Waals surface area contributed by atoms with E-state index in [1.165, 1.54) is 18.2 Å². The van der Waals surface area contributed by atoms with Crippen molar-refractivity contribution >= 4 is 33.5 Å². The van der Waals surface area contributed by atoms with Crippen LogP contribution in [0.4, 0.5) is 10.5 Å². The van der Waals surface area contributed by atoms with E-state index >= 15 is 0 Å². The number of anilines is 1. The lowest BCUT2D eigenvalue weighted by Gasteiger charge is -2.25. The molecule has 0 radical (unpaired) electrons. The van der Waals surface area contributed by atoms with Gasteiger partial charge in [0.2, 0.25) is 5.89 Å². The Morgan fingerprint density at radius 1 is 1.13 bits per heavy atom. The zero-order chi connectivity index (χ0) is 26.9. The van der Waals surface area contributed by atoms with E-state index in [4.69, 9.17) is 30.6 Å². The van der Waals surface area contributed by atoms with Crippen molar-refractivity contribution in [1.29, 1.82) is 0 Å². The molecule has 0 saturated heterocycles. The molecule has 0 bridgehead atoms. The van der Waals surface area contributed by atoms with E-state index < -0.39 is 22.4 Å². The van der Waals surface area contributed by atoms with Crippen LogP contribution in [0.1, 0.15) is 17.0 Å². The summed E-state index contributed by atoms with van der Waals surface area (Å²) in [5, 5.41) is 9.23. The molecule has 11 heteroatoms. The van der Waals surface area contributed by atoms with Crippen LogP contribution < -0.4 is 9.04 Å². The smallest absolute Gasteiger partial charge is 0.492 e. The first-order valence-corrected chi connectivity index (χ1v) is 13.5. The summed E-state index contributed by atoms with van der Waals surface area (Å²) in [7, 11) is -4.20. The third-order valence-corrected chi connectivity index (χ3v) is 8.19. The Labute approximate surface area is 224 Å². The molecule has 0 unspecified atom stereocenters. The highest BCUT2D eigenvalue weighted by Crippen LogP contribution is 2.38. The fourth-order valence-corrected chi connectivity index (χ4v) is 6.21. The fourth-order valence-electron chi connectivity index (χ4n) is 4.31. The maximum absolute atomic E-state index is 13.5. The highest BCUT2D eigenvalue weighted by molar-refractivity contribution is 7.92. The maximum atomic E-state index is 13.5. The lowest BCUT2D eigenvalue weighted by atomic mass is 10.2. The van der Waals surface area contributed by atoms with Crippen LogP contribution in [0.15, 0.2) is 82.1 Å². The molecule has 5 rings (SSSR count). The Morgan fingerprint density at radius 3 is 2.61 bits per heavy atom. The van der Waals surface area contributed by atoms with Gasteiger partial charge in [-0.15, -0.1) is 0 Å². The number of hydrogen-bond acceptors (Lipinski definition) is 7. The standard InChI is InChI=1S/C27H23ClN2O7S/c1-17-22(29-26(36-17)18-7-3-2-4-8-18)13-14-35-24-12-11-20(16-21(24)28)38(33,34)30-23-10-6-5-9-19(23)15-25(30)37-27(31)32/h2-12,16,25H,13-15H2,1H3,(H,31,32)/t25-/m1/s1. The van der Waals surface area contributed by atoms with Crippen molar-refractivity contribution in [2.75, 3.05) is 10.9 Å². The molecule has 0 aliphatic carbocycles. The van der Waals surface area contributed by atoms with Gasteiger partial charge in [0.05, 0.1) is 27.9 Å². The molecule has 196 valence electrons. The topological polar surface area (TPSA) is 119 Å². The molecule has 1 aromatic heterocycles. The Kier molecular flexibility index (Phi) is 7.00. The van der Waals surface area contributed by atoms with Crippen molar-refractivity contribution in [1.82, 2.24) is 4.98 Å². The summed E-state index contributed by atoms with van der Waals surface area (Å²) < 4.78 is 44.5. The number of aromatic nitrogens is 1. The minimum absolute atomic E-state index is 0.0936. The predicted octanol–water partition coefficient (Wildman–Crippen LogP) is 5.70. The number of oxazole rings is 1. The van der Waals surface area contributed by atoms with E-state index in [0.717, 1.165) is 15.6 Å². The third kappa shape index (κ3) is 5.05. The number of ether oxygens (including phenoxy) is 2. The van der Waals surface area contributed by atoms with Gasteiger partial charge in [0.25, 0.3) is 10.0 Å². The zero-order valence-corrected chi connectivity index (χ0v) is 21.8. The van der Waals surface area contributed by atoms with E-state index in [1.807, 2.05) is 37.3 Å². The number of hydrogen-bond donors (Lipinski definition) is 1. The number of para-hydroxylation sites is 1. The van der Waals surface area contributed by atoms with E-state index in [2.05, 4.69) is 4.98 Å². The van der Waals surface area contributed by atoms with Gasteiger partial charge in [-0.1, -0.05) is 48.0 Å². The van der Waals surface area contributed by atoms with Crippen molar-refractivity contribution < 1.29 is 32.2 Å². The number of fused-ring (bicyclic) bond motifs is 1. The van der Waals surface area contributed by atoms with Crippen LogP contribution in [-0.4, -0.2) is 37.5 Å². The number of halogens is 1. The van der Waals surface area contributed by atoms with Crippen LogP contribution in [0.25, 0.3) is 11.5 Å². The number of carboxylic acid groups (broad SMARTS) is 1. The maximum Gasteiger partial charge on any atom is 0.507 e. The normalized spacial score (nSPS) is 14.8. The van der Waals surface area contributed by atoms with E-state index in [-0.39, 0.29) is 22.9 Å². The molecule has 0 fully saturated rings. The molecule has 2 heterocycles. The van der Waals surface area contributed by atoms with E-state index in [1.54, 1.807) is 24.3 Å². The molecule has 1 atom stereocenters. The molecule has 38 heavy (non-hydrogen) atoms. The van der Waals surface area contributed by atoms with Crippen molar-refractivity contribution in [3.05, 3.63) is 94.8 Å². The van der Waals surface area contributed by atoms with Gasteiger partial charge in [-0.05, 0) is 48.9 Å². The van der Waals surface area contributed by atoms with Gasteiger partial charge < -0.3 is 19.0 Å². The molecule has 0 spiro atoms. The minimum Gasteiger partial charge on any atom is -0.492 e. The van der Waals surface area contributed by atoms with Gasteiger partial charge in [-0.2, -0.15) is 0 Å². The average molecular weight is 555 g/mol. The second-order valence-electron chi connectivity index (χ2n) is 8.55. The lowest BCUT2D eigenvalue weighted by molar-refractivity contribution is 0.0596. The van der Waals surface area contributed by atoms with Crippen LogP contribution >= 0.6 is 11.6 Å². The minimum atomic E-state index is -4.20. The van der Waals surface area contributed by atoms with Crippen molar-refractivity contribution in [2.24, 2.45) is 0 Å².